The standard InChI is InChI=1S/C19H29N5O3/c1-4-15-16(27-15)17(25)22-14(12-13(2)3)18(26)23-8-10-24(11-9-23)19-20-6-5-7-21-19/h5-7,13-16H,4,8-12H2,1-3H3,(H,22,25)/t14-,15-,16-/m0/s1. The van der Waals surface area contributed by atoms with Gasteiger partial charge in [0, 0.05) is 38.6 Å². The number of amides is 2. The molecule has 1 aromatic rings. The van der Waals surface area contributed by atoms with E-state index in [1.54, 1.807) is 18.5 Å². The minimum Gasteiger partial charge on any atom is -0.359 e. The van der Waals surface area contributed by atoms with Crippen molar-refractivity contribution in [3.05, 3.63) is 18.5 Å². The Morgan fingerprint density at radius 2 is 1.89 bits per heavy atom. The van der Waals surface area contributed by atoms with E-state index in [2.05, 4.69) is 34.0 Å². The zero-order valence-corrected chi connectivity index (χ0v) is 16.3. The molecule has 3 atom stereocenters. The Bertz CT molecular complexity index is 646. The van der Waals surface area contributed by atoms with Crippen LogP contribution in [0.1, 0.15) is 33.6 Å². The second-order valence-electron chi connectivity index (χ2n) is 7.56. The molecule has 8 nitrogen and oxygen atoms in total. The fraction of sp³-hybridized carbons (Fsp3) is 0.684. The van der Waals surface area contributed by atoms with Crippen LogP contribution in [0.3, 0.4) is 0 Å². The summed E-state index contributed by atoms with van der Waals surface area (Å²) >= 11 is 0. The second-order valence-corrected chi connectivity index (χ2v) is 7.56. The average molecular weight is 375 g/mol. The van der Waals surface area contributed by atoms with Gasteiger partial charge in [0.1, 0.15) is 6.04 Å². The van der Waals surface area contributed by atoms with Crippen molar-refractivity contribution in [3.8, 4) is 0 Å². The number of nitrogens with one attached hydrogen (secondary N) is 1. The van der Waals surface area contributed by atoms with Gasteiger partial charge in [-0.1, -0.05) is 20.8 Å². The van der Waals surface area contributed by atoms with Crippen molar-refractivity contribution in [2.24, 2.45) is 5.92 Å². The van der Waals surface area contributed by atoms with Gasteiger partial charge in [0.2, 0.25) is 11.9 Å². The van der Waals surface area contributed by atoms with Gasteiger partial charge in [-0.2, -0.15) is 0 Å². The number of piperazine rings is 1. The topological polar surface area (TPSA) is 91.0 Å². The molecule has 1 N–H and O–H groups in total. The molecule has 1 aromatic heterocycles. The molecule has 2 fully saturated rings. The van der Waals surface area contributed by atoms with Crippen LogP contribution in [0.25, 0.3) is 0 Å². The Kier molecular flexibility index (Phi) is 6.26. The van der Waals surface area contributed by atoms with Crippen molar-refractivity contribution in [1.29, 1.82) is 0 Å². The van der Waals surface area contributed by atoms with Crippen molar-refractivity contribution in [2.45, 2.75) is 51.9 Å². The normalized spacial score (nSPS) is 23.3. The molecule has 3 rings (SSSR count). The molecule has 2 aliphatic heterocycles. The molecule has 2 amide bonds. The predicted molar refractivity (Wildman–Crippen MR) is 101 cm³/mol. The quantitative estimate of drug-likeness (QED) is 0.710. The highest BCUT2D eigenvalue weighted by Crippen LogP contribution is 2.25. The van der Waals surface area contributed by atoms with Crippen LogP contribution in [-0.4, -0.2) is 71.1 Å². The van der Waals surface area contributed by atoms with Gasteiger partial charge in [0.25, 0.3) is 5.91 Å². The lowest BCUT2D eigenvalue weighted by Crippen LogP contribution is -2.56. The first-order chi connectivity index (χ1) is 13.0. The molecule has 0 aliphatic carbocycles. The average Bonchev–Trinajstić information content (AvgIpc) is 3.47. The lowest BCUT2D eigenvalue weighted by molar-refractivity contribution is -0.137. The van der Waals surface area contributed by atoms with Crippen molar-refractivity contribution < 1.29 is 14.3 Å². The molecule has 0 radical (unpaired) electrons. The number of rotatable bonds is 7. The summed E-state index contributed by atoms with van der Waals surface area (Å²) in [6, 6.07) is 1.29. The number of nitrogens with zero attached hydrogens (tertiary/aromatic N) is 4. The van der Waals surface area contributed by atoms with E-state index in [1.165, 1.54) is 0 Å². The van der Waals surface area contributed by atoms with Gasteiger partial charge in [0.15, 0.2) is 6.10 Å². The molecule has 0 spiro atoms. The number of hydrogen-bond donors (Lipinski definition) is 1. The number of anilines is 1. The maximum absolute atomic E-state index is 13.0. The molecule has 0 unspecified atom stereocenters. The fourth-order valence-corrected chi connectivity index (χ4v) is 3.43. The smallest absolute Gasteiger partial charge is 0.252 e. The lowest BCUT2D eigenvalue weighted by Gasteiger charge is -2.36. The molecule has 2 aliphatic rings. The van der Waals surface area contributed by atoms with E-state index in [-0.39, 0.29) is 17.9 Å². The van der Waals surface area contributed by atoms with E-state index < -0.39 is 12.1 Å². The van der Waals surface area contributed by atoms with E-state index in [4.69, 9.17) is 4.74 Å². The third-order valence-corrected chi connectivity index (χ3v) is 4.99. The summed E-state index contributed by atoms with van der Waals surface area (Å²) in [6.07, 6.45) is 4.47. The molecule has 3 heterocycles. The highest BCUT2D eigenvalue weighted by molar-refractivity contribution is 5.90. The third-order valence-electron chi connectivity index (χ3n) is 4.99. The van der Waals surface area contributed by atoms with E-state index in [9.17, 15) is 9.59 Å². The lowest BCUT2D eigenvalue weighted by atomic mass is 10.0. The first-order valence-electron chi connectivity index (χ1n) is 9.76. The zero-order valence-electron chi connectivity index (χ0n) is 16.3. The predicted octanol–water partition coefficient (Wildman–Crippen LogP) is 0.834. The molecule has 8 heteroatoms. The van der Waals surface area contributed by atoms with Gasteiger partial charge in [-0.3, -0.25) is 9.59 Å². The molecule has 0 bridgehead atoms. The highest BCUT2D eigenvalue weighted by Gasteiger charge is 2.44. The number of carbonyl (C=O) groups excluding carboxylic acids is 2. The van der Waals surface area contributed by atoms with Crippen LogP contribution in [0.4, 0.5) is 5.95 Å². The van der Waals surface area contributed by atoms with E-state index in [0.717, 1.165) is 6.42 Å². The minimum absolute atomic E-state index is 0.00535. The largest absolute Gasteiger partial charge is 0.359 e. The Morgan fingerprint density at radius 1 is 1.22 bits per heavy atom. The summed E-state index contributed by atoms with van der Waals surface area (Å²) < 4.78 is 5.36. The number of aromatic nitrogens is 2. The summed E-state index contributed by atoms with van der Waals surface area (Å²) in [5, 5.41) is 2.92. The number of ether oxygens (including phenoxy) is 1. The summed E-state index contributed by atoms with van der Waals surface area (Å²) in [7, 11) is 0. The summed E-state index contributed by atoms with van der Waals surface area (Å²) in [5.41, 5.74) is 0. The van der Waals surface area contributed by atoms with Gasteiger partial charge in [-0.15, -0.1) is 0 Å². The van der Waals surface area contributed by atoms with Gasteiger partial charge in [-0.25, -0.2) is 9.97 Å². The van der Waals surface area contributed by atoms with Gasteiger partial charge >= 0.3 is 0 Å². The Balaban J connectivity index is 1.57. The zero-order chi connectivity index (χ0) is 19.4. The van der Waals surface area contributed by atoms with E-state index in [0.29, 0.717) is 44.5 Å². The molecule has 27 heavy (non-hydrogen) atoms. The van der Waals surface area contributed by atoms with Gasteiger partial charge in [0.05, 0.1) is 6.10 Å². The monoisotopic (exact) mass is 375 g/mol. The van der Waals surface area contributed by atoms with Crippen LogP contribution in [-0.2, 0) is 14.3 Å². The summed E-state index contributed by atoms with van der Waals surface area (Å²) in [5.74, 6) is 0.810. The molecule has 148 valence electrons. The van der Waals surface area contributed by atoms with Gasteiger partial charge < -0.3 is 19.9 Å². The van der Waals surface area contributed by atoms with Crippen LogP contribution in [0, 0.1) is 5.92 Å². The first-order valence-corrected chi connectivity index (χ1v) is 9.76. The SMILES string of the molecule is CC[C@@H]1O[C@@H]1C(=O)N[C@@H](CC(C)C)C(=O)N1CCN(c2ncccn2)CC1. The van der Waals surface area contributed by atoms with Gasteiger partial charge in [-0.05, 0) is 24.8 Å². The minimum atomic E-state index is -0.501. The summed E-state index contributed by atoms with van der Waals surface area (Å²) in [6.45, 7) is 8.66. The number of hydrogen-bond acceptors (Lipinski definition) is 6. The Labute approximate surface area is 160 Å². The Morgan fingerprint density at radius 3 is 2.44 bits per heavy atom. The Hall–Kier alpha value is -2.22. The van der Waals surface area contributed by atoms with Crippen molar-refractivity contribution in [1.82, 2.24) is 20.2 Å². The molecule has 0 saturated carbocycles. The van der Waals surface area contributed by atoms with Crippen LogP contribution >= 0.6 is 0 Å². The maximum atomic E-state index is 13.0. The molecular formula is C19H29N5O3. The second kappa shape index (κ2) is 8.65. The van der Waals surface area contributed by atoms with Crippen molar-refractivity contribution >= 4 is 17.8 Å². The van der Waals surface area contributed by atoms with Crippen LogP contribution in [0.15, 0.2) is 18.5 Å². The van der Waals surface area contributed by atoms with E-state index in [1.807, 2.05) is 11.8 Å². The first kappa shape index (κ1) is 19.5. The fourth-order valence-electron chi connectivity index (χ4n) is 3.43. The summed E-state index contributed by atoms with van der Waals surface area (Å²) in [4.78, 5) is 37.8. The van der Waals surface area contributed by atoms with Crippen LogP contribution in [0.2, 0.25) is 0 Å². The third kappa shape index (κ3) is 4.94. The van der Waals surface area contributed by atoms with E-state index >= 15 is 0 Å². The van der Waals surface area contributed by atoms with Crippen molar-refractivity contribution in [3.63, 3.8) is 0 Å². The molecule has 2 saturated heterocycles. The molecule has 0 aromatic carbocycles. The maximum Gasteiger partial charge on any atom is 0.252 e. The highest BCUT2D eigenvalue weighted by atomic mass is 16.6. The number of epoxide rings is 1. The number of carbonyl (C=O) groups is 2. The van der Waals surface area contributed by atoms with Crippen molar-refractivity contribution in [2.75, 3.05) is 31.1 Å². The van der Waals surface area contributed by atoms with Crippen LogP contribution < -0.4 is 10.2 Å². The molecular weight excluding hydrogens is 346 g/mol. The van der Waals surface area contributed by atoms with Crippen LogP contribution in [0.5, 0.6) is 0 Å².